The first kappa shape index (κ1) is 12.7. The third-order valence-electron chi connectivity index (χ3n) is 1.79. The first-order chi connectivity index (χ1) is 6.13. The molecule has 0 fully saturated rings. The number of nitrogens with zero attached hydrogens (tertiary/aromatic N) is 1. The number of ether oxygens (including phenoxy) is 1. The molecule has 0 rings (SSSR count). The summed E-state index contributed by atoms with van der Waals surface area (Å²) < 4.78 is 4.84. The van der Waals surface area contributed by atoms with Crippen molar-refractivity contribution in [1.82, 2.24) is 4.90 Å². The molecule has 1 unspecified atom stereocenters. The Morgan fingerprint density at radius 3 is 2.69 bits per heavy atom. The van der Waals surface area contributed by atoms with Gasteiger partial charge in [0.25, 0.3) is 0 Å². The van der Waals surface area contributed by atoms with Gasteiger partial charge in [-0.25, -0.2) is 0 Å². The molecule has 0 aliphatic carbocycles. The van der Waals surface area contributed by atoms with E-state index in [0.29, 0.717) is 0 Å². The molecule has 0 saturated heterocycles. The quantitative estimate of drug-likeness (QED) is 0.654. The molecule has 0 spiro atoms. The summed E-state index contributed by atoms with van der Waals surface area (Å²) >= 11 is 1.70. The second kappa shape index (κ2) is 7.17. The molecule has 0 aromatic carbocycles. The second-order valence-electron chi connectivity index (χ2n) is 2.78. The maximum atomic E-state index is 10.8. The molecule has 0 amide bonds. The van der Waals surface area contributed by atoms with Crippen molar-refractivity contribution in [3.8, 4) is 0 Å². The molecular weight excluding hydrogens is 190 g/mol. The molecule has 0 aromatic heterocycles. The lowest BCUT2D eigenvalue weighted by molar-refractivity contribution is -0.144. The Kier molecular flexibility index (Phi) is 7.03. The number of carboxylic acids is 1. The number of rotatable bonds is 7. The molecule has 13 heavy (non-hydrogen) atoms. The van der Waals surface area contributed by atoms with E-state index in [4.69, 9.17) is 9.84 Å². The number of hydrogen-bond acceptors (Lipinski definition) is 4. The summed E-state index contributed by atoms with van der Waals surface area (Å²) in [6.45, 7) is 1.00. The zero-order valence-corrected chi connectivity index (χ0v) is 9.13. The average Bonchev–Trinajstić information content (AvgIpc) is 2.09. The van der Waals surface area contributed by atoms with Gasteiger partial charge in [-0.3, -0.25) is 9.69 Å². The van der Waals surface area contributed by atoms with Gasteiger partial charge in [0.1, 0.15) is 6.04 Å². The average molecular weight is 207 g/mol. The van der Waals surface area contributed by atoms with Crippen molar-refractivity contribution in [2.75, 3.05) is 39.3 Å². The van der Waals surface area contributed by atoms with Crippen molar-refractivity contribution >= 4 is 17.7 Å². The van der Waals surface area contributed by atoms with E-state index in [1.54, 1.807) is 23.7 Å². The Balaban J connectivity index is 3.95. The van der Waals surface area contributed by atoms with Crippen molar-refractivity contribution in [3.63, 3.8) is 0 Å². The minimum absolute atomic E-state index is 0.236. The predicted octanol–water partition coefficient (Wildman–Crippen LogP) is 0.381. The van der Waals surface area contributed by atoms with Crippen LogP contribution in [-0.4, -0.2) is 61.3 Å². The maximum Gasteiger partial charge on any atom is 0.323 e. The Bertz CT molecular complexity index is 154. The molecule has 0 aliphatic heterocycles. The molecule has 0 aromatic rings. The van der Waals surface area contributed by atoms with Crippen LogP contribution in [0, 0.1) is 0 Å². The van der Waals surface area contributed by atoms with Crippen LogP contribution in [0.2, 0.25) is 0 Å². The molecule has 1 N–H and O–H groups in total. The first-order valence-electron chi connectivity index (χ1n) is 4.04. The fourth-order valence-corrected chi connectivity index (χ4v) is 1.41. The molecule has 4 nitrogen and oxygen atoms in total. The van der Waals surface area contributed by atoms with E-state index in [0.717, 1.165) is 12.3 Å². The van der Waals surface area contributed by atoms with Crippen LogP contribution in [0.1, 0.15) is 0 Å². The van der Waals surface area contributed by atoms with E-state index in [9.17, 15) is 4.79 Å². The molecular formula is C8H17NO3S. The Labute approximate surface area is 83.2 Å². The summed E-state index contributed by atoms with van der Waals surface area (Å²) in [4.78, 5) is 12.6. The number of carbonyl (C=O) groups is 1. The highest BCUT2D eigenvalue weighted by molar-refractivity contribution is 7.98. The van der Waals surface area contributed by atoms with Crippen LogP contribution in [0.25, 0.3) is 0 Å². The highest BCUT2D eigenvalue weighted by atomic mass is 32.2. The van der Waals surface area contributed by atoms with Crippen LogP contribution in [-0.2, 0) is 9.53 Å². The van der Waals surface area contributed by atoms with Gasteiger partial charge in [-0.05, 0) is 13.3 Å². The Morgan fingerprint density at radius 2 is 2.31 bits per heavy atom. The van der Waals surface area contributed by atoms with Crippen molar-refractivity contribution < 1.29 is 14.6 Å². The van der Waals surface area contributed by atoms with E-state index in [2.05, 4.69) is 0 Å². The third kappa shape index (κ3) is 5.13. The summed E-state index contributed by atoms with van der Waals surface area (Å²) in [5, 5.41) is 8.85. The SMILES string of the molecule is COCC(C(=O)O)N(C)CCSC. The predicted molar refractivity (Wildman–Crippen MR) is 54.3 cm³/mol. The zero-order chi connectivity index (χ0) is 10.3. The molecule has 0 heterocycles. The van der Waals surface area contributed by atoms with Crippen LogP contribution >= 0.6 is 11.8 Å². The highest BCUT2D eigenvalue weighted by Gasteiger charge is 2.21. The first-order valence-corrected chi connectivity index (χ1v) is 5.43. The summed E-state index contributed by atoms with van der Waals surface area (Å²) in [7, 11) is 3.31. The smallest absolute Gasteiger partial charge is 0.323 e. The molecule has 0 bridgehead atoms. The molecule has 5 heteroatoms. The van der Waals surface area contributed by atoms with Crippen LogP contribution in [0.15, 0.2) is 0 Å². The molecule has 0 saturated carbocycles. The van der Waals surface area contributed by atoms with E-state index >= 15 is 0 Å². The number of aliphatic carboxylic acids is 1. The van der Waals surface area contributed by atoms with Gasteiger partial charge < -0.3 is 9.84 Å². The number of likely N-dealkylation sites (N-methyl/N-ethyl adjacent to an activating group) is 1. The highest BCUT2D eigenvalue weighted by Crippen LogP contribution is 2.00. The Hall–Kier alpha value is -0.260. The topological polar surface area (TPSA) is 49.8 Å². The third-order valence-corrected chi connectivity index (χ3v) is 2.38. The van der Waals surface area contributed by atoms with Gasteiger partial charge in [0, 0.05) is 19.4 Å². The van der Waals surface area contributed by atoms with Crippen LogP contribution in [0.4, 0.5) is 0 Å². The normalized spacial score (nSPS) is 13.2. The van der Waals surface area contributed by atoms with Crippen molar-refractivity contribution in [2.24, 2.45) is 0 Å². The van der Waals surface area contributed by atoms with Gasteiger partial charge in [-0.15, -0.1) is 0 Å². The van der Waals surface area contributed by atoms with Crippen LogP contribution < -0.4 is 0 Å². The lowest BCUT2D eigenvalue weighted by atomic mass is 10.3. The van der Waals surface area contributed by atoms with Crippen LogP contribution in [0.5, 0.6) is 0 Å². The van der Waals surface area contributed by atoms with E-state index in [1.807, 2.05) is 6.26 Å². The van der Waals surface area contributed by atoms with Gasteiger partial charge in [-0.2, -0.15) is 11.8 Å². The maximum absolute atomic E-state index is 10.8. The second-order valence-corrected chi connectivity index (χ2v) is 3.77. The lowest BCUT2D eigenvalue weighted by Crippen LogP contribution is -2.42. The Morgan fingerprint density at radius 1 is 1.69 bits per heavy atom. The van der Waals surface area contributed by atoms with Gasteiger partial charge in [0.15, 0.2) is 0 Å². The zero-order valence-electron chi connectivity index (χ0n) is 8.32. The van der Waals surface area contributed by atoms with Crippen molar-refractivity contribution in [3.05, 3.63) is 0 Å². The van der Waals surface area contributed by atoms with Crippen molar-refractivity contribution in [1.29, 1.82) is 0 Å². The number of methoxy groups -OCH3 is 1. The fourth-order valence-electron chi connectivity index (χ4n) is 0.936. The monoisotopic (exact) mass is 207 g/mol. The van der Waals surface area contributed by atoms with E-state index < -0.39 is 12.0 Å². The van der Waals surface area contributed by atoms with Gasteiger partial charge in [0.2, 0.25) is 0 Å². The minimum Gasteiger partial charge on any atom is -0.480 e. The van der Waals surface area contributed by atoms with E-state index in [-0.39, 0.29) is 6.61 Å². The number of carboxylic acid groups (broad SMARTS) is 1. The summed E-state index contributed by atoms with van der Waals surface area (Å²) in [6, 6.07) is -0.530. The number of thioether (sulfide) groups is 1. The largest absolute Gasteiger partial charge is 0.480 e. The fraction of sp³-hybridized carbons (Fsp3) is 0.875. The summed E-state index contributed by atoms with van der Waals surface area (Å²) in [5.41, 5.74) is 0. The standard InChI is InChI=1S/C8H17NO3S/c1-9(4-5-13-3)7(6-12-2)8(10)11/h7H,4-6H2,1-3H3,(H,10,11). The van der Waals surface area contributed by atoms with Crippen molar-refractivity contribution in [2.45, 2.75) is 6.04 Å². The summed E-state index contributed by atoms with van der Waals surface area (Å²) in [6.07, 6.45) is 2.00. The molecule has 1 atom stereocenters. The molecule has 0 aliphatic rings. The van der Waals surface area contributed by atoms with E-state index in [1.165, 1.54) is 7.11 Å². The summed E-state index contributed by atoms with van der Waals surface area (Å²) in [5.74, 6) is 0.106. The minimum atomic E-state index is -0.828. The number of hydrogen-bond donors (Lipinski definition) is 1. The van der Waals surface area contributed by atoms with Gasteiger partial charge in [0.05, 0.1) is 6.61 Å². The lowest BCUT2D eigenvalue weighted by Gasteiger charge is -2.23. The molecule has 78 valence electrons. The molecule has 0 radical (unpaired) electrons. The van der Waals surface area contributed by atoms with Gasteiger partial charge >= 0.3 is 5.97 Å². The van der Waals surface area contributed by atoms with Gasteiger partial charge in [-0.1, -0.05) is 0 Å². The van der Waals surface area contributed by atoms with Crippen LogP contribution in [0.3, 0.4) is 0 Å².